The molecule has 2 fully saturated rings. The van der Waals surface area contributed by atoms with Crippen LogP contribution in [-0.4, -0.2) is 71.7 Å². The third kappa shape index (κ3) is 4.62. The molecule has 2 N–H and O–H groups in total. The van der Waals surface area contributed by atoms with Crippen LogP contribution in [0, 0.1) is 5.92 Å². The third-order valence-electron chi connectivity index (χ3n) is 5.02. The number of rotatable bonds is 6. The number of nitrogens with one attached hydrogen (secondary N) is 2. The van der Waals surface area contributed by atoms with Gasteiger partial charge < -0.3 is 24.7 Å². The predicted molar refractivity (Wildman–Crippen MR) is 94.6 cm³/mol. The van der Waals surface area contributed by atoms with Gasteiger partial charge in [0, 0.05) is 38.0 Å². The van der Waals surface area contributed by atoms with Gasteiger partial charge >= 0.3 is 0 Å². The van der Waals surface area contributed by atoms with Crippen molar-refractivity contribution in [3.8, 4) is 0 Å². The summed E-state index contributed by atoms with van der Waals surface area (Å²) in [6, 6.07) is -0.192. The van der Waals surface area contributed by atoms with Gasteiger partial charge in [-0.3, -0.25) is 9.59 Å². The van der Waals surface area contributed by atoms with Crippen molar-refractivity contribution in [3.05, 3.63) is 18.2 Å². The normalized spacial score (nSPS) is 26.5. The smallest absolute Gasteiger partial charge is 0.287 e. The van der Waals surface area contributed by atoms with Gasteiger partial charge in [-0.1, -0.05) is 6.92 Å². The predicted octanol–water partition coefficient (Wildman–Crippen LogP) is 0.962. The number of aromatic amines is 1. The molecule has 1 aromatic rings. The molecule has 2 aliphatic rings. The SMILES string of the molecule is CCCO[C@@H]1CC[C@H](C(=O)N2CCOCC2)C[C@H]1NC(=O)c1ncc[nH]1. The van der Waals surface area contributed by atoms with Crippen LogP contribution >= 0.6 is 0 Å². The van der Waals surface area contributed by atoms with Gasteiger partial charge in [-0.05, 0) is 25.7 Å². The Bertz CT molecular complexity index is 586. The first kappa shape index (κ1) is 18.8. The Labute approximate surface area is 153 Å². The zero-order valence-electron chi connectivity index (χ0n) is 15.3. The number of ether oxygens (including phenoxy) is 2. The summed E-state index contributed by atoms with van der Waals surface area (Å²) in [4.78, 5) is 33.9. The van der Waals surface area contributed by atoms with Gasteiger partial charge in [0.05, 0.1) is 25.4 Å². The van der Waals surface area contributed by atoms with Crippen LogP contribution in [0.25, 0.3) is 0 Å². The lowest BCUT2D eigenvalue weighted by Crippen LogP contribution is -2.52. The molecule has 3 atom stereocenters. The maximum atomic E-state index is 12.8. The summed E-state index contributed by atoms with van der Waals surface area (Å²) in [6.45, 7) is 5.20. The van der Waals surface area contributed by atoms with Gasteiger partial charge in [0.25, 0.3) is 5.91 Å². The van der Waals surface area contributed by atoms with E-state index in [0.717, 1.165) is 19.3 Å². The van der Waals surface area contributed by atoms with Gasteiger partial charge in [0.2, 0.25) is 5.91 Å². The summed E-state index contributed by atoms with van der Waals surface area (Å²) in [5.74, 6) is 0.0985. The fourth-order valence-corrected chi connectivity index (χ4v) is 3.66. The summed E-state index contributed by atoms with van der Waals surface area (Å²) in [5, 5.41) is 3.01. The fourth-order valence-electron chi connectivity index (χ4n) is 3.66. The number of amides is 2. The number of aromatic nitrogens is 2. The van der Waals surface area contributed by atoms with Crippen molar-refractivity contribution in [1.82, 2.24) is 20.2 Å². The molecular formula is C18H28N4O4. The second-order valence-corrected chi connectivity index (χ2v) is 6.87. The summed E-state index contributed by atoms with van der Waals surface area (Å²) >= 11 is 0. The van der Waals surface area contributed by atoms with E-state index in [4.69, 9.17) is 9.47 Å². The molecule has 0 radical (unpaired) electrons. The Morgan fingerprint density at radius 2 is 2.19 bits per heavy atom. The van der Waals surface area contributed by atoms with Crippen molar-refractivity contribution in [2.24, 2.45) is 5.92 Å². The first-order valence-corrected chi connectivity index (χ1v) is 9.47. The zero-order valence-corrected chi connectivity index (χ0v) is 15.3. The molecule has 1 aliphatic carbocycles. The van der Waals surface area contributed by atoms with Gasteiger partial charge in [0.15, 0.2) is 5.82 Å². The number of carbonyl (C=O) groups excluding carboxylic acids is 2. The fraction of sp³-hybridized carbons (Fsp3) is 0.722. The minimum absolute atomic E-state index is 0.0670. The van der Waals surface area contributed by atoms with Crippen LogP contribution in [0.1, 0.15) is 43.2 Å². The van der Waals surface area contributed by atoms with E-state index in [0.29, 0.717) is 39.3 Å². The first-order valence-electron chi connectivity index (χ1n) is 9.47. The van der Waals surface area contributed by atoms with Crippen molar-refractivity contribution in [1.29, 1.82) is 0 Å². The van der Waals surface area contributed by atoms with Crippen LogP contribution < -0.4 is 5.32 Å². The molecule has 0 aromatic carbocycles. The minimum atomic E-state index is -0.260. The number of H-pyrrole nitrogens is 1. The monoisotopic (exact) mass is 364 g/mol. The van der Waals surface area contributed by atoms with E-state index in [-0.39, 0.29) is 35.7 Å². The highest BCUT2D eigenvalue weighted by Gasteiger charge is 2.37. The molecule has 1 aromatic heterocycles. The standard InChI is InChI=1S/C18H28N4O4/c1-2-9-26-15-4-3-13(18(24)22-7-10-25-11-8-22)12-14(15)21-17(23)16-19-5-6-20-16/h5-6,13-15H,2-4,7-12H2,1H3,(H,19,20)(H,21,23)/t13-,14+,15+/m0/s1. The molecule has 26 heavy (non-hydrogen) atoms. The van der Waals surface area contributed by atoms with Crippen LogP contribution in [0.2, 0.25) is 0 Å². The average Bonchev–Trinajstić information content (AvgIpc) is 3.22. The molecule has 1 saturated carbocycles. The van der Waals surface area contributed by atoms with Crippen LogP contribution in [0.5, 0.6) is 0 Å². The number of morpholine rings is 1. The third-order valence-corrected chi connectivity index (χ3v) is 5.02. The van der Waals surface area contributed by atoms with Gasteiger partial charge in [0.1, 0.15) is 0 Å². The highest BCUT2D eigenvalue weighted by molar-refractivity contribution is 5.90. The summed E-state index contributed by atoms with van der Waals surface area (Å²) in [7, 11) is 0. The topological polar surface area (TPSA) is 96.6 Å². The molecule has 144 valence electrons. The second kappa shape index (κ2) is 9.14. The number of hydrogen-bond acceptors (Lipinski definition) is 5. The molecule has 8 nitrogen and oxygen atoms in total. The Balaban J connectivity index is 1.64. The van der Waals surface area contributed by atoms with E-state index in [9.17, 15) is 9.59 Å². The first-order chi connectivity index (χ1) is 12.7. The number of imidazole rings is 1. The maximum absolute atomic E-state index is 12.8. The minimum Gasteiger partial charge on any atom is -0.378 e. The molecule has 1 aliphatic heterocycles. The molecule has 8 heteroatoms. The van der Waals surface area contributed by atoms with E-state index in [1.54, 1.807) is 12.4 Å². The molecule has 2 heterocycles. The van der Waals surface area contributed by atoms with Crippen LogP contribution in [0.3, 0.4) is 0 Å². The average molecular weight is 364 g/mol. The van der Waals surface area contributed by atoms with E-state index in [1.807, 2.05) is 4.90 Å². The van der Waals surface area contributed by atoms with E-state index in [1.165, 1.54) is 0 Å². The Hall–Kier alpha value is -1.93. The lowest BCUT2D eigenvalue weighted by atomic mass is 9.82. The van der Waals surface area contributed by atoms with Crippen molar-refractivity contribution in [2.45, 2.75) is 44.8 Å². The Kier molecular flexibility index (Phi) is 6.62. The molecular weight excluding hydrogens is 336 g/mol. The quantitative estimate of drug-likeness (QED) is 0.784. The molecule has 0 unspecified atom stereocenters. The van der Waals surface area contributed by atoms with E-state index in [2.05, 4.69) is 22.2 Å². The second-order valence-electron chi connectivity index (χ2n) is 6.87. The van der Waals surface area contributed by atoms with E-state index >= 15 is 0 Å². The summed E-state index contributed by atoms with van der Waals surface area (Å²) < 4.78 is 11.3. The van der Waals surface area contributed by atoms with Crippen LogP contribution in [0.15, 0.2) is 12.4 Å². The Morgan fingerprint density at radius 3 is 2.88 bits per heavy atom. The summed E-state index contributed by atoms with van der Waals surface area (Å²) in [5.41, 5.74) is 0. The largest absolute Gasteiger partial charge is 0.378 e. The molecule has 1 saturated heterocycles. The molecule has 0 spiro atoms. The van der Waals surface area contributed by atoms with Crippen molar-refractivity contribution < 1.29 is 19.1 Å². The molecule has 3 rings (SSSR count). The number of carbonyl (C=O) groups is 2. The van der Waals surface area contributed by atoms with Crippen LogP contribution in [-0.2, 0) is 14.3 Å². The number of nitrogens with zero attached hydrogens (tertiary/aromatic N) is 2. The van der Waals surface area contributed by atoms with Crippen molar-refractivity contribution in [2.75, 3.05) is 32.9 Å². The van der Waals surface area contributed by atoms with Crippen molar-refractivity contribution in [3.63, 3.8) is 0 Å². The van der Waals surface area contributed by atoms with Gasteiger partial charge in [-0.15, -0.1) is 0 Å². The van der Waals surface area contributed by atoms with Crippen LogP contribution in [0.4, 0.5) is 0 Å². The summed E-state index contributed by atoms with van der Waals surface area (Å²) in [6.07, 6.45) is 6.17. The number of hydrogen-bond donors (Lipinski definition) is 2. The van der Waals surface area contributed by atoms with Gasteiger partial charge in [-0.25, -0.2) is 4.98 Å². The van der Waals surface area contributed by atoms with Crippen molar-refractivity contribution >= 4 is 11.8 Å². The maximum Gasteiger partial charge on any atom is 0.287 e. The highest BCUT2D eigenvalue weighted by atomic mass is 16.5. The lowest BCUT2D eigenvalue weighted by Gasteiger charge is -2.38. The van der Waals surface area contributed by atoms with E-state index < -0.39 is 0 Å². The molecule has 0 bridgehead atoms. The lowest BCUT2D eigenvalue weighted by molar-refractivity contribution is -0.142. The Morgan fingerprint density at radius 1 is 1.38 bits per heavy atom. The highest BCUT2D eigenvalue weighted by Crippen LogP contribution is 2.29. The zero-order chi connectivity index (χ0) is 18.4. The van der Waals surface area contributed by atoms with Gasteiger partial charge in [-0.2, -0.15) is 0 Å². The molecule has 2 amide bonds.